The van der Waals surface area contributed by atoms with Crippen molar-refractivity contribution in [3.63, 3.8) is 0 Å². The van der Waals surface area contributed by atoms with Crippen LogP contribution in [-0.2, 0) is 26.1 Å². The number of nitrogens with zero attached hydrogens (tertiary/aromatic N) is 1. The van der Waals surface area contributed by atoms with Crippen LogP contribution >= 0.6 is 11.8 Å². The molecule has 1 amide bonds. The Balaban J connectivity index is 1.94. The Labute approximate surface area is 255 Å². The van der Waals surface area contributed by atoms with E-state index in [4.69, 9.17) is 4.74 Å². The summed E-state index contributed by atoms with van der Waals surface area (Å²) in [5.41, 5.74) is 3.60. The first-order valence-electron chi connectivity index (χ1n) is 14.8. The van der Waals surface area contributed by atoms with Gasteiger partial charge in [-0.05, 0) is 78.5 Å². The number of aryl methyl sites for hydroxylation is 1. The number of thioether (sulfide) groups is 1. The molecule has 0 aliphatic heterocycles. The van der Waals surface area contributed by atoms with Gasteiger partial charge in [-0.1, -0.05) is 62.4 Å². The van der Waals surface area contributed by atoms with Gasteiger partial charge < -0.3 is 15.2 Å². The first kappa shape index (κ1) is 34.1. The summed E-state index contributed by atoms with van der Waals surface area (Å²) >= 11 is 1.53. The van der Waals surface area contributed by atoms with Crippen LogP contribution in [0.15, 0.2) is 42.5 Å². The lowest BCUT2D eigenvalue weighted by Crippen LogP contribution is -2.41. The van der Waals surface area contributed by atoms with Gasteiger partial charge in [0, 0.05) is 32.4 Å². The Morgan fingerprint density at radius 2 is 1.86 bits per heavy atom. The van der Waals surface area contributed by atoms with E-state index in [0.717, 1.165) is 36.0 Å². The molecule has 0 aromatic heterocycles. The molecule has 10 heteroatoms. The van der Waals surface area contributed by atoms with Gasteiger partial charge in [-0.25, -0.2) is 13.2 Å². The van der Waals surface area contributed by atoms with Crippen molar-refractivity contribution in [1.29, 1.82) is 0 Å². The Morgan fingerprint density at radius 1 is 1.12 bits per heavy atom. The van der Waals surface area contributed by atoms with Crippen LogP contribution in [-0.4, -0.2) is 73.8 Å². The molecule has 0 heterocycles. The summed E-state index contributed by atoms with van der Waals surface area (Å²) in [6.45, 7) is 3.00. The zero-order chi connectivity index (χ0) is 30.5. The summed E-state index contributed by atoms with van der Waals surface area (Å²) in [6.07, 6.45) is 9.42. The van der Waals surface area contributed by atoms with E-state index in [0.29, 0.717) is 48.8 Å². The quantitative estimate of drug-likeness (QED) is 0.218. The number of carboxylic acid groups (broad SMARTS) is 1. The van der Waals surface area contributed by atoms with E-state index in [1.165, 1.54) is 31.0 Å². The van der Waals surface area contributed by atoms with E-state index in [1.807, 2.05) is 43.5 Å². The maximum Gasteiger partial charge on any atom is 0.326 e. The van der Waals surface area contributed by atoms with Gasteiger partial charge in [0.2, 0.25) is 10.0 Å². The molecule has 42 heavy (non-hydrogen) atoms. The standard InChI is InChI=1S/C32H46N2O6S2/c1-24-10-7-8-13-27(24)29-22-26(14-15-28(29)31(35)33-30(32(36)37)17-20-41-3)23-34(42(38,39)21-9-19-40-2)18-16-25-11-5-4-6-12-25/h7-8,10,13-15,22,25,30H,4-6,9,11-12,16-21,23H2,1-3H3,(H,33,35)(H,36,37). The van der Waals surface area contributed by atoms with Gasteiger partial charge in [-0.15, -0.1) is 0 Å². The topological polar surface area (TPSA) is 113 Å². The number of methoxy groups -OCH3 is 1. The number of aliphatic carboxylic acids is 1. The van der Waals surface area contributed by atoms with Crippen LogP contribution in [0.2, 0.25) is 0 Å². The van der Waals surface area contributed by atoms with Crippen molar-refractivity contribution in [2.24, 2.45) is 5.92 Å². The molecule has 2 aromatic carbocycles. The summed E-state index contributed by atoms with van der Waals surface area (Å²) in [5, 5.41) is 12.4. The van der Waals surface area contributed by atoms with Crippen LogP contribution in [0.1, 0.15) is 72.9 Å². The van der Waals surface area contributed by atoms with E-state index in [9.17, 15) is 23.1 Å². The molecule has 1 aliphatic carbocycles. The number of amides is 1. The molecule has 1 unspecified atom stereocenters. The minimum atomic E-state index is -3.53. The molecule has 8 nitrogen and oxygen atoms in total. The molecule has 232 valence electrons. The van der Waals surface area contributed by atoms with E-state index < -0.39 is 27.9 Å². The average Bonchev–Trinajstić information content (AvgIpc) is 2.97. The first-order valence-corrected chi connectivity index (χ1v) is 17.8. The number of rotatable bonds is 17. The third-order valence-corrected chi connectivity index (χ3v) is 10.5. The molecule has 1 aliphatic rings. The molecule has 2 aromatic rings. The molecule has 0 radical (unpaired) electrons. The number of hydrogen-bond donors (Lipinski definition) is 2. The normalized spacial score (nSPS) is 15.0. The molecule has 2 N–H and O–H groups in total. The summed E-state index contributed by atoms with van der Waals surface area (Å²) in [5.74, 6) is -0.370. The van der Waals surface area contributed by atoms with Crippen molar-refractivity contribution in [2.75, 3.05) is 38.0 Å². The average molecular weight is 619 g/mol. The first-order chi connectivity index (χ1) is 20.2. The Hall–Kier alpha value is -2.40. The molecule has 1 saturated carbocycles. The maximum atomic E-state index is 13.5. The van der Waals surface area contributed by atoms with Gasteiger partial charge in [0.1, 0.15) is 6.04 Å². The van der Waals surface area contributed by atoms with E-state index >= 15 is 0 Å². The van der Waals surface area contributed by atoms with Crippen LogP contribution in [0.5, 0.6) is 0 Å². The summed E-state index contributed by atoms with van der Waals surface area (Å²) in [4.78, 5) is 25.3. The number of carboxylic acids is 1. The lowest BCUT2D eigenvalue weighted by Gasteiger charge is -2.27. The maximum absolute atomic E-state index is 13.5. The van der Waals surface area contributed by atoms with Crippen molar-refractivity contribution in [1.82, 2.24) is 9.62 Å². The summed E-state index contributed by atoms with van der Waals surface area (Å²) in [7, 11) is -1.96. The van der Waals surface area contributed by atoms with Crippen LogP contribution in [0.25, 0.3) is 11.1 Å². The van der Waals surface area contributed by atoms with Gasteiger partial charge in [-0.3, -0.25) is 4.79 Å². The van der Waals surface area contributed by atoms with E-state index in [-0.39, 0.29) is 12.3 Å². The van der Waals surface area contributed by atoms with Crippen LogP contribution < -0.4 is 5.32 Å². The number of carbonyl (C=O) groups excluding carboxylic acids is 1. The molecular weight excluding hydrogens is 572 g/mol. The largest absolute Gasteiger partial charge is 0.480 e. The number of hydrogen-bond acceptors (Lipinski definition) is 6. The van der Waals surface area contributed by atoms with Crippen LogP contribution in [0.3, 0.4) is 0 Å². The van der Waals surface area contributed by atoms with E-state index in [2.05, 4.69) is 5.32 Å². The predicted octanol–water partition coefficient (Wildman–Crippen LogP) is 5.74. The van der Waals surface area contributed by atoms with Gasteiger partial charge >= 0.3 is 5.97 Å². The van der Waals surface area contributed by atoms with Gasteiger partial charge in [0.05, 0.1) is 5.75 Å². The molecule has 3 rings (SSSR count). The number of carbonyl (C=O) groups is 2. The van der Waals surface area contributed by atoms with Crippen LogP contribution in [0.4, 0.5) is 0 Å². The summed E-state index contributed by atoms with van der Waals surface area (Å²) in [6, 6.07) is 12.1. The van der Waals surface area contributed by atoms with Crippen molar-refractivity contribution < 1.29 is 27.9 Å². The number of ether oxygens (including phenoxy) is 1. The molecular formula is C32H46N2O6S2. The predicted molar refractivity (Wildman–Crippen MR) is 170 cm³/mol. The highest BCUT2D eigenvalue weighted by Crippen LogP contribution is 2.30. The Kier molecular flexibility index (Phi) is 13.8. The molecule has 1 fully saturated rings. The van der Waals surface area contributed by atoms with Crippen molar-refractivity contribution >= 4 is 33.7 Å². The zero-order valence-electron chi connectivity index (χ0n) is 25.1. The second-order valence-electron chi connectivity index (χ2n) is 11.1. The number of nitrogens with one attached hydrogen (secondary N) is 1. The minimum Gasteiger partial charge on any atom is -0.480 e. The summed E-state index contributed by atoms with van der Waals surface area (Å²) < 4.78 is 33.7. The fourth-order valence-electron chi connectivity index (χ4n) is 5.55. The SMILES string of the molecule is COCCCS(=O)(=O)N(CCC1CCCCC1)Cc1ccc(C(=O)NC(CCSC)C(=O)O)c(-c2ccccc2C)c1. The highest BCUT2D eigenvalue weighted by atomic mass is 32.2. The highest BCUT2D eigenvalue weighted by molar-refractivity contribution is 7.98. The third-order valence-electron chi connectivity index (χ3n) is 7.99. The lowest BCUT2D eigenvalue weighted by atomic mass is 9.87. The molecule has 0 spiro atoms. The number of benzene rings is 2. The van der Waals surface area contributed by atoms with Crippen molar-refractivity contribution in [3.8, 4) is 11.1 Å². The fourth-order valence-corrected chi connectivity index (χ4v) is 7.49. The third kappa shape index (κ3) is 10.1. The fraction of sp³-hybridized carbons (Fsp3) is 0.562. The minimum absolute atomic E-state index is 0.0171. The Morgan fingerprint density at radius 3 is 2.52 bits per heavy atom. The van der Waals surface area contributed by atoms with E-state index in [1.54, 1.807) is 23.5 Å². The number of sulfonamides is 1. The van der Waals surface area contributed by atoms with Gasteiger partial charge in [0.25, 0.3) is 5.91 Å². The molecule has 1 atom stereocenters. The Bertz CT molecular complexity index is 1280. The van der Waals surface area contributed by atoms with Gasteiger partial charge in [-0.2, -0.15) is 16.1 Å². The molecule has 0 saturated heterocycles. The monoisotopic (exact) mass is 618 g/mol. The van der Waals surface area contributed by atoms with Crippen LogP contribution in [0, 0.1) is 12.8 Å². The lowest BCUT2D eigenvalue weighted by molar-refractivity contribution is -0.139. The highest BCUT2D eigenvalue weighted by Gasteiger charge is 2.26. The van der Waals surface area contributed by atoms with Gasteiger partial charge in [0.15, 0.2) is 0 Å². The molecule has 0 bridgehead atoms. The smallest absolute Gasteiger partial charge is 0.326 e. The van der Waals surface area contributed by atoms with Crippen molar-refractivity contribution in [3.05, 3.63) is 59.2 Å². The van der Waals surface area contributed by atoms with Crippen molar-refractivity contribution in [2.45, 2.75) is 70.9 Å². The second kappa shape index (κ2) is 17.0. The zero-order valence-corrected chi connectivity index (χ0v) is 26.8. The second-order valence-corrected chi connectivity index (χ2v) is 14.2.